The molecule has 0 saturated carbocycles. The number of nitrogens with two attached hydrogens (primary N) is 1. The molecule has 9 nitrogen and oxygen atoms in total. The van der Waals surface area contributed by atoms with Crippen molar-refractivity contribution in [3.8, 4) is 5.75 Å². The summed E-state index contributed by atoms with van der Waals surface area (Å²) in [5.74, 6) is -2.79. The van der Waals surface area contributed by atoms with Crippen molar-refractivity contribution in [2.75, 3.05) is 5.75 Å². The Bertz CT molecular complexity index is 637. The van der Waals surface area contributed by atoms with Crippen LogP contribution in [-0.2, 0) is 20.8 Å². The number of hydrogen-bond acceptors (Lipinski definition) is 7. The number of phenols is 1. The normalized spacial score (nSPS) is 15.4. The summed E-state index contributed by atoms with van der Waals surface area (Å²) >= 11 is 3.98. The molecule has 7 N–H and O–H groups in total. The van der Waals surface area contributed by atoms with Gasteiger partial charge >= 0.3 is 5.97 Å². The van der Waals surface area contributed by atoms with E-state index in [1.807, 2.05) is 0 Å². The topological polar surface area (TPSA) is 162 Å². The molecular weight excluding hydrogens is 362 g/mol. The Kier molecular flexibility index (Phi) is 8.36. The number of benzene rings is 1. The Morgan fingerprint density at radius 2 is 1.65 bits per heavy atom. The van der Waals surface area contributed by atoms with Gasteiger partial charge in [-0.2, -0.15) is 12.6 Å². The molecule has 0 bridgehead atoms. The molecular formula is C16H23N3O6S. The van der Waals surface area contributed by atoms with Crippen LogP contribution in [0.3, 0.4) is 0 Å². The Balaban J connectivity index is 2.76. The predicted octanol–water partition coefficient (Wildman–Crippen LogP) is -1.37. The summed E-state index contributed by atoms with van der Waals surface area (Å²) < 4.78 is 0. The summed E-state index contributed by atoms with van der Waals surface area (Å²) in [6.45, 7) is 1.33. The van der Waals surface area contributed by atoms with Crippen LogP contribution >= 0.6 is 12.6 Å². The Labute approximate surface area is 156 Å². The first kappa shape index (κ1) is 21.7. The average Bonchev–Trinajstić information content (AvgIpc) is 2.59. The van der Waals surface area contributed by atoms with Gasteiger partial charge in [-0.3, -0.25) is 9.59 Å². The van der Waals surface area contributed by atoms with Crippen LogP contribution in [0.2, 0.25) is 0 Å². The summed E-state index contributed by atoms with van der Waals surface area (Å²) in [6.07, 6.45) is -1.12. The fourth-order valence-electron chi connectivity index (χ4n) is 2.02. The van der Waals surface area contributed by atoms with E-state index >= 15 is 0 Å². The number of nitrogens with one attached hydrogen (secondary N) is 2. The molecule has 0 radical (unpaired) electrons. The van der Waals surface area contributed by atoms with Crippen molar-refractivity contribution in [3.05, 3.63) is 29.8 Å². The fourth-order valence-corrected chi connectivity index (χ4v) is 2.28. The van der Waals surface area contributed by atoms with Gasteiger partial charge in [-0.05, 0) is 24.6 Å². The molecule has 0 spiro atoms. The second-order valence-electron chi connectivity index (χ2n) is 5.78. The van der Waals surface area contributed by atoms with Gasteiger partial charge in [0.2, 0.25) is 11.8 Å². The third-order valence-electron chi connectivity index (χ3n) is 3.63. The van der Waals surface area contributed by atoms with E-state index < -0.39 is 42.0 Å². The van der Waals surface area contributed by atoms with Gasteiger partial charge in [-0.25, -0.2) is 4.79 Å². The first-order valence-electron chi connectivity index (χ1n) is 7.81. The summed E-state index contributed by atoms with van der Waals surface area (Å²) in [7, 11) is 0. The number of hydrogen-bond donors (Lipinski definition) is 7. The highest BCUT2D eigenvalue weighted by molar-refractivity contribution is 7.80. The number of carboxylic acids is 1. The summed E-state index contributed by atoms with van der Waals surface area (Å²) in [4.78, 5) is 35.5. The number of aromatic hydroxyl groups is 1. The monoisotopic (exact) mass is 385 g/mol. The number of aliphatic carboxylic acids is 1. The van der Waals surface area contributed by atoms with Crippen molar-refractivity contribution >= 4 is 30.4 Å². The lowest BCUT2D eigenvalue weighted by atomic mass is 10.1. The molecule has 0 aliphatic carbocycles. The zero-order valence-electron chi connectivity index (χ0n) is 14.1. The van der Waals surface area contributed by atoms with E-state index in [0.29, 0.717) is 5.56 Å². The number of carbonyl (C=O) groups excluding carboxylic acids is 2. The maximum absolute atomic E-state index is 12.3. The van der Waals surface area contributed by atoms with E-state index in [1.165, 1.54) is 31.2 Å². The molecule has 0 aliphatic heterocycles. The molecule has 1 aromatic rings. The first-order valence-corrected chi connectivity index (χ1v) is 8.45. The van der Waals surface area contributed by atoms with Gasteiger partial charge in [0, 0.05) is 12.2 Å². The number of aliphatic hydroxyl groups excluding tert-OH is 1. The third kappa shape index (κ3) is 6.54. The number of thiol groups is 1. The van der Waals surface area contributed by atoms with E-state index in [4.69, 9.17) is 5.73 Å². The smallest absolute Gasteiger partial charge is 0.326 e. The number of aliphatic hydroxyl groups is 1. The fraction of sp³-hybridized carbons (Fsp3) is 0.438. The highest BCUT2D eigenvalue weighted by atomic mass is 32.1. The number of carboxylic acid groups (broad SMARTS) is 1. The lowest BCUT2D eigenvalue weighted by Crippen LogP contribution is -2.57. The molecule has 0 fully saturated rings. The second kappa shape index (κ2) is 10.00. The van der Waals surface area contributed by atoms with Gasteiger partial charge in [-0.15, -0.1) is 0 Å². The molecule has 10 heteroatoms. The molecule has 2 amide bonds. The van der Waals surface area contributed by atoms with Gasteiger partial charge in [0.25, 0.3) is 0 Å². The van der Waals surface area contributed by atoms with Crippen LogP contribution < -0.4 is 16.4 Å². The van der Waals surface area contributed by atoms with Gasteiger partial charge in [0.05, 0.1) is 6.10 Å². The van der Waals surface area contributed by atoms with E-state index in [1.54, 1.807) is 0 Å². The zero-order chi connectivity index (χ0) is 19.9. The maximum Gasteiger partial charge on any atom is 0.326 e. The third-order valence-corrected chi connectivity index (χ3v) is 3.99. The van der Waals surface area contributed by atoms with Crippen molar-refractivity contribution in [1.29, 1.82) is 0 Å². The van der Waals surface area contributed by atoms with Crippen molar-refractivity contribution in [2.24, 2.45) is 5.73 Å². The molecule has 0 unspecified atom stereocenters. The molecule has 4 atom stereocenters. The molecule has 0 aliphatic rings. The largest absolute Gasteiger partial charge is 0.508 e. The van der Waals surface area contributed by atoms with Crippen LogP contribution in [-0.4, -0.2) is 63.1 Å². The number of phenolic OH excluding ortho intramolecular Hbond substituents is 1. The quantitative estimate of drug-likeness (QED) is 0.258. The lowest BCUT2D eigenvalue weighted by Gasteiger charge is -2.22. The standard InChI is InChI=1S/C16H23N3O6S/c1-8(20)13(17)15(23)19-12(7-26)14(22)18-11(16(24)25)6-9-2-4-10(21)5-3-9/h2-5,8,11-13,20-21,26H,6-7,17H2,1H3,(H,18,22)(H,19,23)(H,24,25)/t8-,11+,12+,13+/m1/s1. The summed E-state index contributed by atoms with van der Waals surface area (Å²) in [5, 5.41) is 32.5. The minimum absolute atomic E-state index is 0.0121. The molecule has 26 heavy (non-hydrogen) atoms. The number of amides is 2. The minimum atomic E-state index is -1.25. The van der Waals surface area contributed by atoms with Gasteiger partial charge in [-0.1, -0.05) is 12.1 Å². The SMILES string of the molecule is C[C@@H](O)[C@H](N)C(=O)N[C@@H](CS)C(=O)N[C@@H](Cc1ccc(O)cc1)C(=O)O. The molecule has 0 saturated heterocycles. The van der Waals surface area contributed by atoms with Gasteiger partial charge in [0.15, 0.2) is 0 Å². The molecule has 1 aromatic carbocycles. The first-order chi connectivity index (χ1) is 12.1. The van der Waals surface area contributed by atoms with Crippen LogP contribution in [0.25, 0.3) is 0 Å². The Morgan fingerprint density at radius 1 is 1.12 bits per heavy atom. The van der Waals surface area contributed by atoms with Crippen LogP contribution in [0.15, 0.2) is 24.3 Å². The highest BCUT2D eigenvalue weighted by Gasteiger charge is 2.28. The molecule has 1 rings (SSSR count). The van der Waals surface area contributed by atoms with Crippen molar-refractivity contribution in [3.63, 3.8) is 0 Å². The Morgan fingerprint density at radius 3 is 2.12 bits per heavy atom. The molecule has 0 heterocycles. The van der Waals surface area contributed by atoms with Gasteiger partial charge < -0.3 is 31.7 Å². The zero-order valence-corrected chi connectivity index (χ0v) is 15.0. The molecule has 0 aromatic heterocycles. The average molecular weight is 385 g/mol. The highest BCUT2D eigenvalue weighted by Crippen LogP contribution is 2.11. The van der Waals surface area contributed by atoms with Crippen LogP contribution in [0.4, 0.5) is 0 Å². The summed E-state index contributed by atoms with van der Waals surface area (Å²) in [6, 6.07) is 2.31. The predicted molar refractivity (Wildman–Crippen MR) is 96.8 cm³/mol. The maximum atomic E-state index is 12.3. The van der Waals surface area contributed by atoms with Crippen LogP contribution in [0.5, 0.6) is 5.75 Å². The lowest BCUT2D eigenvalue weighted by molar-refractivity contribution is -0.142. The number of carbonyl (C=O) groups is 3. The van der Waals surface area contributed by atoms with Crippen molar-refractivity contribution < 1.29 is 29.7 Å². The van der Waals surface area contributed by atoms with E-state index in [2.05, 4.69) is 23.3 Å². The van der Waals surface area contributed by atoms with Crippen molar-refractivity contribution in [1.82, 2.24) is 10.6 Å². The van der Waals surface area contributed by atoms with Crippen LogP contribution in [0.1, 0.15) is 12.5 Å². The van der Waals surface area contributed by atoms with E-state index in [0.717, 1.165) is 0 Å². The summed E-state index contributed by atoms with van der Waals surface area (Å²) in [5.41, 5.74) is 6.09. The van der Waals surface area contributed by atoms with E-state index in [-0.39, 0.29) is 17.9 Å². The van der Waals surface area contributed by atoms with E-state index in [9.17, 15) is 29.7 Å². The van der Waals surface area contributed by atoms with Crippen LogP contribution in [0, 0.1) is 0 Å². The van der Waals surface area contributed by atoms with Gasteiger partial charge in [0.1, 0.15) is 23.9 Å². The van der Waals surface area contributed by atoms with Crippen molar-refractivity contribution in [2.45, 2.75) is 37.6 Å². The number of rotatable bonds is 9. The minimum Gasteiger partial charge on any atom is -0.508 e. The molecule has 144 valence electrons. The second-order valence-corrected chi connectivity index (χ2v) is 6.15. The Hall–Kier alpha value is -2.30.